The van der Waals surface area contributed by atoms with Crippen LogP contribution in [0.5, 0.6) is 0 Å². The Hall–Kier alpha value is -1.19. The molecule has 0 fully saturated rings. The van der Waals surface area contributed by atoms with Crippen LogP contribution < -0.4 is 5.73 Å². The van der Waals surface area contributed by atoms with E-state index < -0.39 is 0 Å². The number of hydrogen-bond acceptors (Lipinski definition) is 3. The lowest BCUT2D eigenvalue weighted by atomic mass is 9.96. The maximum absolute atomic E-state index is 5.93. The monoisotopic (exact) mass is 260 g/mol. The zero-order valence-corrected chi connectivity index (χ0v) is 12.1. The molecule has 2 N–H and O–H groups in total. The maximum Gasteiger partial charge on any atom is 0.0977 e. The van der Waals surface area contributed by atoms with Gasteiger partial charge in [-0.3, -0.25) is 0 Å². The molecular formula is C15H20N2S. The smallest absolute Gasteiger partial charge is 0.0977 e. The van der Waals surface area contributed by atoms with Crippen LogP contribution in [0.15, 0.2) is 24.3 Å². The second-order valence-electron chi connectivity index (χ2n) is 4.76. The lowest BCUT2D eigenvalue weighted by Crippen LogP contribution is -2.15. The topological polar surface area (TPSA) is 38.9 Å². The van der Waals surface area contributed by atoms with Gasteiger partial charge >= 0.3 is 0 Å². The first-order valence-corrected chi connectivity index (χ1v) is 7.12. The number of thiazole rings is 1. The minimum atomic E-state index is 0.337. The van der Waals surface area contributed by atoms with Crippen LogP contribution >= 0.6 is 11.3 Å². The second-order valence-corrected chi connectivity index (χ2v) is 5.99. The molecule has 0 saturated carbocycles. The number of benzene rings is 1. The van der Waals surface area contributed by atoms with E-state index in [2.05, 4.69) is 50.0 Å². The summed E-state index contributed by atoms with van der Waals surface area (Å²) >= 11 is 1.78. The highest BCUT2D eigenvalue weighted by Gasteiger charge is 2.16. The van der Waals surface area contributed by atoms with Crippen molar-refractivity contribution >= 4 is 11.3 Å². The average molecular weight is 260 g/mol. The minimum Gasteiger partial charge on any atom is -0.330 e. The van der Waals surface area contributed by atoms with Crippen molar-refractivity contribution in [3.05, 3.63) is 51.0 Å². The molecule has 2 rings (SSSR count). The predicted molar refractivity (Wildman–Crippen MR) is 78.3 cm³/mol. The van der Waals surface area contributed by atoms with Crippen molar-refractivity contribution < 1.29 is 0 Å². The highest BCUT2D eigenvalue weighted by atomic mass is 32.1. The van der Waals surface area contributed by atoms with Crippen LogP contribution in [0.4, 0.5) is 0 Å². The van der Waals surface area contributed by atoms with Crippen LogP contribution in [0.25, 0.3) is 0 Å². The van der Waals surface area contributed by atoms with Crippen molar-refractivity contribution in [2.45, 2.75) is 33.1 Å². The first-order valence-electron chi connectivity index (χ1n) is 6.30. The zero-order chi connectivity index (χ0) is 13.1. The van der Waals surface area contributed by atoms with Crippen molar-refractivity contribution in [3.8, 4) is 0 Å². The summed E-state index contributed by atoms with van der Waals surface area (Å²) in [5.74, 6) is 0.337. The van der Waals surface area contributed by atoms with Crippen molar-refractivity contribution in [1.29, 1.82) is 0 Å². The standard InChI is InChI=1S/C15H20N2S/c1-10-6-4-5-7-13(10)8-14(9-16)15-17-11(2)12(3)18-15/h4-7,14H,8-9,16H2,1-3H3. The summed E-state index contributed by atoms with van der Waals surface area (Å²) in [7, 11) is 0. The number of rotatable bonds is 4. The Kier molecular flexibility index (Phi) is 4.15. The molecular weight excluding hydrogens is 240 g/mol. The zero-order valence-electron chi connectivity index (χ0n) is 11.2. The summed E-state index contributed by atoms with van der Waals surface area (Å²) in [5.41, 5.74) is 9.77. The summed E-state index contributed by atoms with van der Waals surface area (Å²) in [4.78, 5) is 5.95. The van der Waals surface area contributed by atoms with Gasteiger partial charge in [-0.15, -0.1) is 11.3 Å². The van der Waals surface area contributed by atoms with E-state index >= 15 is 0 Å². The Labute approximate surface area is 113 Å². The molecule has 0 saturated heterocycles. The number of aryl methyl sites for hydroxylation is 3. The Morgan fingerprint density at radius 2 is 1.94 bits per heavy atom. The molecule has 2 aromatic rings. The third-order valence-corrected chi connectivity index (χ3v) is 4.64. The van der Waals surface area contributed by atoms with Gasteiger partial charge in [0.05, 0.1) is 10.7 Å². The fourth-order valence-corrected chi connectivity index (χ4v) is 3.08. The van der Waals surface area contributed by atoms with Crippen LogP contribution in [0.2, 0.25) is 0 Å². The van der Waals surface area contributed by atoms with E-state index in [4.69, 9.17) is 5.73 Å². The normalized spacial score (nSPS) is 12.7. The fraction of sp³-hybridized carbons (Fsp3) is 0.400. The van der Waals surface area contributed by atoms with Crippen molar-refractivity contribution in [2.24, 2.45) is 5.73 Å². The molecule has 2 nitrogen and oxygen atoms in total. The number of nitrogens with zero attached hydrogens (tertiary/aromatic N) is 1. The van der Waals surface area contributed by atoms with Gasteiger partial charge in [0.1, 0.15) is 0 Å². The molecule has 0 amide bonds. The number of hydrogen-bond donors (Lipinski definition) is 1. The van der Waals surface area contributed by atoms with Crippen LogP contribution in [-0.4, -0.2) is 11.5 Å². The number of nitrogens with two attached hydrogens (primary N) is 1. The van der Waals surface area contributed by atoms with Gasteiger partial charge in [0.2, 0.25) is 0 Å². The molecule has 0 radical (unpaired) electrons. The van der Waals surface area contributed by atoms with E-state index in [1.54, 1.807) is 11.3 Å². The minimum absolute atomic E-state index is 0.337. The lowest BCUT2D eigenvalue weighted by Gasteiger charge is -2.13. The molecule has 96 valence electrons. The summed E-state index contributed by atoms with van der Waals surface area (Å²) in [5, 5.41) is 1.18. The quantitative estimate of drug-likeness (QED) is 0.915. The Morgan fingerprint density at radius 3 is 2.50 bits per heavy atom. The van der Waals surface area contributed by atoms with Crippen molar-refractivity contribution in [1.82, 2.24) is 4.98 Å². The van der Waals surface area contributed by atoms with E-state index in [0.29, 0.717) is 12.5 Å². The highest BCUT2D eigenvalue weighted by Crippen LogP contribution is 2.27. The van der Waals surface area contributed by atoms with Crippen LogP contribution in [-0.2, 0) is 6.42 Å². The first kappa shape index (κ1) is 13.2. The molecule has 1 heterocycles. The van der Waals surface area contributed by atoms with Gasteiger partial charge in [-0.2, -0.15) is 0 Å². The molecule has 1 atom stereocenters. The molecule has 1 aromatic heterocycles. The van der Waals surface area contributed by atoms with Crippen molar-refractivity contribution in [2.75, 3.05) is 6.54 Å². The Bertz CT molecular complexity index is 512. The van der Waals surface area contributed by atoms with Gasteiger partial charge in [0.15, 0.2) is 0 Å². The Morgan fingerprint density at radius 1 is 1.22 bits per heavy atom. The van der Waals surface area contributed by atoms with Gasteiger partial charge < -0.3 is 5.73 Å². The molecule has 1 unspecified atom stereocenters. The molecule has 0 bridgehead atoms. The van der Waals surface area contributed by atoms with Crippen LogP contribution in [0, 0.1) is 20.8 Å². The van der Waals surface area contributed by atoms with Crippen molar-refractivity contribution in [3.63, 3.8) is 0 Å². The molecule has 0 aliphatic rings. The molecule has 18 heavy (non-hydrogen) atoms. The summed E-state index contributed by atoms with van der Waals surface area (Å²) in [6.07, 6.45) is 0.982. The van der Waals surface area contributed by atoms with E-state index in [1.165, 1.54) is 21.0 Å². The summed E-state index contributed by atoms with van der Waals surface area (Å²) < 4.78 is 0. The third-order valence-electron chi connectivity index (χ3n) is 3.41. The predicted octanol–water partition coefficient (Wildman–Crippen LogP) is 3.35. The third kappa shape index (κ3) is 2.79. The summed E-state index contributed by atoms with van der Waals surface area (Å²) in [6.45, 7) is 7.00. The van der Waals surface area contributed by atoms with E-state index in [0.717, 1.165) is 12.1 Å². The number of aromatic nitrogens is 1. The largest absolute Gasteiger partial charge is 0.330 e. The van der Waals surface area contributed by atoms with Crippen LogP contribution in [0.1, 0.15) is 32.6 Å². The average Bonchev–Trinajstić information content (AvgIpc) is 2.68. The van der Waals surface area contributed by atoms with Gasteiger partial charge in [0.25, 0.3) is 0 Å². The SMILES string of the molecule is Cc1ccccc1CC(CN)c1nc(C)c(C)s1. The molecule has 3 heteroatoms. The molecule has 0 aliphatic carbocycles. The van der Waals surface area contributed by atoms with E-state index in [-0.39, 0.29) is 0 Å². The maximum atomic E-state index is 5.93. The molecule has 1 aromatic carbocycles. The fourth-order valence-electron chi connectivity index (χ4n) is 2.05. The van der Waals surface area contributed by atoms with E-state index in [1.807, 2.05) is 0 Å². The van der Waals surface area contributed by atoms with Gasteiger partial charge in [0, 0.05) is 17.3 Å². The Balaban J connectivity index is 2.22. The molecule has 0 aliphatic heterocycles. The van der Waals surface area contributed by atoms with Crippen LogP contribution in [0.3, 0.4) is 0 Å². The highest BCUT2D eigenvalue weighted by molar-refractivity contribution is 7.11. The second kappa shape index (κ2) is 5.63. The van der Waals surface area contributed by atoms with Gasteiger partial charge in [-0.25, -0.2) is 4.98 Å². The first-order chi connectivity index (χ1) is 8.61. The molecule has 0 spiro atoms. The van der Waals surface area contributed by atoms with E-state index in [9.17, 15) is 0 Å². The van der Waals surface area contributed by atoms with Gasteiger partial charge in [-0.05, 0) is 38.3 Å². The summed E-state index contributed by atoms with van der Waals surface area (Å²) in [6, 6.07) is 8.51. The lowest BCUT2D eigenvalue weighted by molar-refractivity contribution is 0.685. The van der Waals surface area contributed by atoms with Gasteiger partial charge in [-0.1, -0.05) is 24.3 Å².